The van der Waals surface area contributed by atoms with Gasteiger partial charge in [-0.3, -0.25) is 4.79 Å². The zero-order chi connectivity index (χ0) is 9.30. The maximum atomic E-state index is 10.8. The first-order valence-electron chi connectivity index (χ1n) is 3.54. The molecule has 0 fully saturated rings. The number of hydrogen-bond donors (Lipinski definition) is 0. The molecule has 0 amide bonds. The van der Waals surface area contributed by atoms with Gasteiger partial charge >= 0.3 is 0 Å². The first-order valence-corrected chi connectivity index (χ1v) is 3.33. The Balaban J connectivity index is 3.31. The molecule has 1 aromatic heterocycles. The van der Waals surface area contributed by atoms with Crippen molar-refractivity contribution in [3.8, 4) is 0 Å². The van der Waals surface area contributed by atoms with Crippen molar-refractivity contribution < 1.29 is 7.54 Å². The smallest absolute Gasteiger partial charge is 0.196 e. The highest BCUT2D eigenvalue weighted by Crippen LogP contribution is 2.04. The first kappa shape index (κ1) is 4.96. The summed E-state index contributed by atoms with van der Waals surface area (Å²) in [5.41, 5.74) is 0. The summed E-state index contributed by atoms with van der Waals surface area (Å²) in [5, 5.41) is 0. The molecule has 0 N–H and O–H groups in total. The highest BCUT2D eigenvalue weighted by molar-refractivity contribution is 9.10. The fourth-order valence-electron chi connectivity index (χ4n) is 0.412. The monoisotopic (exact) mass is 202 g/mol. The highest BCUT2D eigenvalue weighted by Gasteiger charge is 1.99. The number of rotatable bonds is 1. The molecule has 0 aliphatic heterocycles. The van der Waals surface area contributed by atoms with Gasteiger partial charge in [-0.2, -0.15) is 0 Å². The van der Waals surface area contributed by atoms with Gasteiger partial charge in [-0.1, -0.05) is 0 Å². The molecule has 0 aliphatic carbocycles. The van der Waals surface area contributed by atoms with Crippen molar-refractivity contribution in [1.29, 1.82) is 0 Å². The number of Topliss-reactive ketones (excluding diaryl/α,β-unsaturated/α-hetero) is 1. The largest absolute Gasteiger partial charge is 0.291 e. The van der Waals surface area contributed by atoms with Crippen LogP contribution in [0.25, 0.3) is 0 Å². The third-order valence-corrected chi connectivity index (χ3v) is 1.19. The van der Waals surface area contributed by atoms with Gasteiger partial charge in [-0.25, -0.2) is 9.97 Å². The third kappa shape index (κ3) is 1.60. The van der Waals surface area contributed by atoms with Crippen molar-refractivity contribution in [2.75, 3.05) is 0 Å². The van der Waals surface area contributed by atoms with Crippen LogP contribution in [0.5, 0.6) is 0 Å². The van der Waals surface area contributed by atoms with Gasteiger partial charge in [0.15, 0.2) is 11.6 Å². The van der Waals surface area contributed by atoms with Crippen molar-refractivity contribution in [3.05, 3.63) is 22.6 Å². The fourth-order valence-corrected chi connectivity index (χ4v) is 0.589. The van der Waals surface area contributed by atoms with Gasteiger partial charge in [0.2, 0.25) is 0 Å². The quantitative estimate of drug-likeness (QED) is 0.648. The van der Waals surface area contributed by atoms with E-state index in [9.17, 15) is 4.79 Å². The molecule has 0 saturated heterocycles. The molecular formula is C6H5BrN2O. The van der Waals surface area contributed by atoms with Crippen molar-refractivity contribution in [2.24, 2.45) is 0 Å². The Kier molecular flexibility index (Phi) is 1.43. The van der Waals surface area contributed by atoms with Gasteiger partial charge in [-0.15, -0.1) is 0 Å². The van der Waals surface area contributed by atoms with E-state index in [-0.39, 0.29) is 28.4 Å². The third-order valence-electron chi connectivity index (χ3n) is 0.835. The molecule has 0 saturated carbocycles. The second-order valence-electron chi connectivity index (χ2n) is 1.64. The number of hydrogen-bond acceptors (Lipinski definition) is 3. The molecule has 1 aromatic rings. The van der Waals surface area contributed by atoms with Crippen molar-refractivity contribution in [3.63, 3.8) is 0 Å². The average Bonchev–Trinajstić information content (AvgIpc) is 1.99. The maximum Gasteiger partial charge on any atom is 0.196 e. The standard InChI is InChI=1S/C6H5BrN2O/c1-4(10)6-8-2-5(7)3-9-6/h2-3H,1H3/i2D,3D. The molecule has 0 aliphatic rings. The van der Waals surface area contributed by atoms with E-state index in [1.54, 1.807) is 0 Å². The van der Waals surface area contributed by atoms with Crippen LogP contribution in [0, 0.1) is 0 Å². The summed E-state index contributed by atoms with van der Waals surface area (Å²) in [6.07, 6.45) is -0.277. The number of carbonyl (C=O) groups excluding carboxylic acids is 1. The minimum atomic E-state index is -0.343. The predicted octanol–water partition coefficient (Wildman–Crippen LogP) is 1.44. The Morgan fingerprint density at radius 1 is 1.70 bits per heavy atom. The summed E-state index contributed by atoms with van der Waals surface area (Å²) in [6, 6.07) is 0. The zero-order valence-electron chi connectivity index (χ0n) is 7.18. The first-order chi connectivity index (χ1) is 5.52. The van der Waals surface area contributed by atoms with Crippen LogP contribution in [0.15, 0.2) is 16.8 Å². The number of ketones is 1. The lowest BCUT2D eigenvalue weighted by atomic mass is 10.4. The van der Waals surface area contributed by atoms with Crippen LogP contribution in [0.3, 0.4) is 0 Å². The summed E-state index contributed by atoms with van der Waals surface area (Å²) < 4.78 is 14.7. The van der Waals surface area contributed by atoms with Crippen LogP contribution in [0.2, 0.25) is 0 Å². The summed E-state index contributed by atoms with van der Waals surface area (Å²) >= 11 is 2.95. The van der Waals surface area contributed by atoms with Crippen molar-refractivity contribution in [1.82, 2.24) is 9.97 Å². The lowest BCUT2D eigenvalue weighted by Crippen LogP contribution is -1.98. The number of aromatic nitrogens is 2. The maximum absolute atomic E-state index is 10.8. The SMILES string of the molecule is [2H]c1nc(C(C)=O)nc([2H])c1Br. The number of halogens is 1. The van der Waals surface area contributed by atoms with Crippen LogP contribution in [-0.2, 0) is 0 Å². The molecule has 10 heavy (non-hydrogen) atoms. The van der Waals surface area contributed by atoms with Gasteiger partial charge in [-0.05, 0) is 15.9 Å². The molecular weight excluding hydrogens is 196 g/mol. The molecule has 0 spiro atoms. The number of nitrogens with zero attached hydrogens (tertiary/aromatic N) is 2. The van der Waals surface area contributed by atoms with E-state index in [2.05, 4.69) is 25.9 Å². The molecule has 3 nitrogen and oxygen atoms in total. The average molecular weight is 203 g/mol. The van der Waals surface area contributed by atoms with E-state index < -0.39 is 0 Å². The van der Waals surface area contributed by atoms with E-state index in [0.29, 0.717) is 0 Å². The summed E-state index contributed by atoms with van der Waals surface area (Å²) in [6.45, 7) is 1.29. The van der Waals surface area contributed by atoms with Crippen LogP contribution in [0.4, 0.5) is 0 Å². The molecule has 0 aromatic carbocycles. The topological polar surface area (TPSA) is 42.9 Å². The number of carbonyl (C=O) groups is 1. The summed E-state index contributed by atoms with van der Waals surface area (Å²) in [4.78, 5) is 17.9. The second kappa shape index (κ2) is 2.88. The van der Waals surface area contributed by atoms with E-state index >= 15 is 0 Å². The van der Waals surface area contributed by atoms with E-state index in [4.69, 9.17) is 2.74 Å². The van der Waals surface area contributed by atoms with Gasteiger partial charge < -0.3 is 0 Å². The zero-order valence-corrected chi connectivity index (χ0v) is 6.77. The predicted molar refractivity (Wildman–Crippen MR) is 39.7 cm³/mol. The summed E-state index contributed by atoms with van der Waals surface area (Å²) in [7, 11) is 0. The lowest BCUT2D eigenvalue weighted by Gasteiger charge is -1.90. The minimum absolute atomic E-state index is 0.0896. The Labute approximate surface area is 69.4 Å². The van der Waals surface area contributed by atoms with Gasteiger partial charge in [0.1, 0.15) is 0 Å². The fraction of sp³-hybridized carbons (Fsp3) is 0.167. The van der Waals surface area contributed by atoms with Crippen LogP contribution in [-0.4, -0.2) is 15.8 Å². The molecule has 0 bridgehead atoms. The Hall–Kier alpha value is -0.770. The Morgan fingerprint density at radius 3 is 2.60 bits per heavy atom. The molecule has 1 rings (SSSR count). The van der Waals surface area contributed by atoms with E-state index in [1.165, 1.54) is 6.92 Å². The van der Waals surface area contributed by atoms with Gasteiger partial charge in [0.25, 0.3) is 0 Å². The second-order valence-corrected chi connectivity index (χ2v) is 2.43. The van der Waals surface area contributed by atoms with Crippen molar-refractivity contribution in [2.45, 2.75) is 6.92 Å². The molecule has 52 valence electrons. The van der Waals surface area contributed by atoms with Crippen LogP contribution >= 0.6 is 15.9 Å². The molecule has 4 heteroatoms. The van der Waals surface area contributed by atoms with Crippen molar-refractivity contribution >= 4 is 21.7 Å². The van der Waals surface area contributed by atoms with Gasteiger partial charge in [0.05, 0.1) is 7.21 Å². The van der Waals surface area contributed by atoms with Crippen LogP contribution in [0.1, 0.15) is 20.3 Å². The van der Waals surface area contributed by atoms with Gasteiger partial charge in [0, 0.05) is 19.3 Å². The minimum Gasteiger partial charge on any atom is -0.291 e. The van der Waals surface area contributed by atoms with E-state index in [1.807, 2.05) is 0 Å². The molecule has 1 heterocycles. The van der Waals surface area contributed by atoms with Crippen LogP contribution < -0.4 is 0 Å². The lowest BCUT2D eigenvalue weighted by molar-refractivity contribution is 0.100. The molecule has 0 unspecified atom stereocenters. The molecule has 0 radical (unpaired) electrons. The summed E-state index contributed by atoms with van der Waals surface area (Å²) in [5.74, 6) is -0.433. The molecule has 0 atom stereocenters. The highest BCUT2D eigenvalue weighted by atomic mass is 79.9. The normalized spacial score (nSPS) is 12.2. The van der Waals surface area contributed by atoms with E-state index in [0.717, 1.165) is 0 Å². The Morgan fingerprint density at radius 2 is 2.20 bits per heavy atom. The Bertz CT molecular complexity index is 319.